The van der Waals surface area contributed by atoms with Gasteiger partial charge in [0.1, 0.15) is 5.82 Å². The fourth-order valence-corrected chi connectivity index (χ4v) is 3.77. The van der Waals surface area contributed by atoms with E-state index in [0.29, 0.717) is 25.1 Å². The zero-order chi connectivity index (χ0) is 16.6. The highest BCUT2D eigenvalue weighted by atomic mass is 19.1. The van der Waals surface area contributed by atoms with Crippen LogP contribution in [0.3, 0.4) is 0 Å². The van der Waals surface area contributed by atoms with Crippen LogP contribution in [0.2, 0.25) is 0 Å². The molecule has 1 amide bonds. The molecule has 23 heavy (non-hydrogen) atoms. The highest BCUT2D eigenvalue weighted by Gasteiger charge is 2.48. The predicted octanol–water partition coefficient (Wildman–Crippen LogP) is 2.86. The number of fused-ring (bicyclic) bond motifs is 1. The van der Waals surface area contributed by atoms with Gasteiger partial charge < -0.3 is 15.4 Å². The Morgan fingerprint density at radius 3 is 2.96 bits per heavy atom. The SMILES string of the molecule is COC1CC(CC(=O)Nc2ccc3c(c2F)CCNC3)C1(C)C. The molecule has 126 valence electrons. The van der Waals surface area contributed by atoms with Crippen LogP contribution in [0.4, 0.5) is 10.1 Å². The van der Waals surface area contributed by atoms with Gasteiger partial charge in [-0.2, -0.15) is 0 Å². The second-order valence-corrected chi connectivity index (χ2v) is 7.22. The van der Waals surface area contributed by atoms with Crippen LogP contribution in [0, 0.1) is 17.2 Å². The van der Waals surface area contributed by atoms with E-state index in [1.165, 1.54) is 0 Å². The number of benzene rings is 1. The quantitative estimate of drug-likeness (QED) is 0.897. The Bertz CT molecular complexity index is 615. The normalized spacial score (nSPS) is 25.4. The van der Waals surface area contributed by atoms with Gasteiger partial charge in [0.2, 0.25) is 5.91 Å². The van der Waals surface area contributed by atoms with E-state index in [-0.39, 0.29) is 29.2 Å². The molecular weight excluding hydrogens is 295 g/mol. The molecule has 1 aromatic rings. The lowest BCUT2D eigenvalue weighted by Crippen LogP contribution is -2.51. The number of ether oxygens (including phenoxy) is 1. The molecule has 2 N–H and O–H groups in total. The highest BCUT2D eigenvalue weighted by Crippen LogP contribution is 2.49. The second-order valence-electron chi connectivity index (χ2n) is 7.22. The molecular formula is C18H25FN2O2. The third kappa shape index (κ3) is 3.00. The number of carbonyl (C=O) groups is 1. The van der Waals surface area contributed by atoms with Crippen LogP contribution in [0.15, 0.2) is 12.1 Å². The van der Waals surface area contributed by atoms with Crippen molar-refractivity contribution in [2.24, 2.45) is 11.3 Å². The summed E-state index contributed by atoms with van der Waals surface area (Å²) in [6.45, 7) is 5.70. The van der Waals surface area contributed by atoms with E-state index in [4.69, 9.17) is 4.74 Å². The first-order chi connectivity index (χ1) is 10.9. The zero-order valence-corrected chi connectivity index (χ0v) is 14.0. The molecule has 1 heterocycles. The lowest BCUT2D eigenvalue weighted by Gasteiger charge is -2.51. The summed E-state index contributed by atoms with van der Waals surface area (Å²) in [5.74, 6) is -0.122. The largest absolute Gasteiger partial charge is 0.381 e. The highest BCUT2D eigenvalue weighted by molar-refractivity contribution is 5.91. The van der Waals surface area contributed by atoms with E-state index in [1.54, 1.807) is 13.2 Å². The van der Waals surface area contributed by atoms with Crippen molar-refractivity contribution in [3.05, 3.63) is 29.1 Å². The van der Waals surface area contributed by atoms with Crippen LogP contribution in [0.25, 0.3) is 0 Å². The molecule has 3 rings (SSSR count). The number of methoxy groups -OCH3 is 1. The van der Waals surface area contributed by atoms with Gasteiger partial charge >= 0.3 is 0 Å². The third-order valence-electron chi connectivity index (χ3n) is 5.58. The molecule has 2 unspecified atom stereocenters. The van der Waals surface area contributed by atoms with Crippen molar-refractivity contribution in [3.8, 4) is 0 Å². The minimum absolute atomic E-state index is 0.00778. The molecule has 0 saturated heterocycles. The molecule has 1 aliphatic carbocycles. The maximum absolute atomic E-state index is 14.6. The molecule has 2 atom stereocenters. The van der Waals surface area contributed by atoms with Gasteiger partial charge in [0.25, 0.3) is 0 Å². The summed E-state index contributed by atoms with van der Waals surface area (Å²) in [5, 5.41) is 5.98. The van der Waals surface area contributed by atoms with Gasteiger partial charge in [0.05, 0.1) is 11.8 Å². The Balaban J connectivity index is 1.65. The van der Waals surface area contributed by atoms with Crippen molar-refractivity contribution in [1.29, 1.82) is 0 Å². The number of halogens is 1. The summed E-state index contributed by atoms with van der Waals surface area (Å²) in [5.41, 5.74) is 2.00. The van der Waals surface area contributed by atoms with Crippen LogP contribution in [0.1, 0.15) is 37.8 Å². The lowest BCUT2D eigenvalue weighted by molar-refractivity contribution is -0.137. The molecule has 0 aromatic heterocycles. The Hall–Kier alpha value is -1.46. The number of nitrogens with one attached hydrogen (secondary N) is 2. The summed E-state index contributed by atoms with van der Waals surface area (Å²) in [4.78, 5) is 12.3. The topological polar surface area (TPSA) is 50.4 Å². The Labute approximate surface area is 136 Å². The number of rotatable bonds is 4. The van der Waals surface area contributed by atoms with Crippen LogP contribution >= 0.6 is 0 Å². The molecule has 2 aliphatic rings. The molecule has 4 nitrogen and oxygen atoms in total. The van der Waals surface area contributed by atoms with Gasteiger partial charge in [0.15, 0.2) is 0 Å². The van der Waals surface area contributed by atoms with Crippen molar-refractivity contribution in [3.63, 3.8) is 0 Å². The van der Waals surface area contributed by atoms with E-state index in [2.05, 4.69) is 24.5 Å². The maximum atomic E-state index is 14.6. The van der Waals surface area contributed by atoms with Crippen molar-refractivity contribution < 1.29 is 13.9 Å². The van der Waals surface area contributed by atoms with Crippen molar-refractivity contribution in [1.82, 2.24) is 5.32 Å². The van der Waals surface area contributed by atoms with E-state index in [9.17, 15) is 9.18 Å². The van der Waals surface area contributed by atoms with E-state index in [1.807, 2.05) is 6.07 Å². The smallest absolute Gasteiger partial charge is 0.224 e. The van der Waals surface area contributed by atoms with Gasteiger partial charge in [-0.3, -0.25) is 4.79 Å². The zero-order valence-electron chi connectivity index (χ0n) is 14.0. The van der Waals surface area contributed by atoms with Gasteiger partial charge in [-0.05, 0) is 47.9 Å². The fraction of sp³-hybridized carbons (Fsp3) is 0.611. The monoisotopic (exact) mass is 320 g/mol. The van der Waals surface area contributed by atoms with Gasteiger partial charge in [-0.1, -0.05) is 19.9 Å². The Morgan fingerprint density at radius 2 is 2.26 bits per heavy atom. The van der Waals surface area contributed by atoms with E-state index < -0.39 is 0 Å². The molecule has 0 spiro atoms. The number of hydrogen-bond donors (Lipinski definition) is 2. The van der Waals surface area contributed by atoms with Gasteiger partial charge in [-0.15, -0.1) is 0 Å². The van der Waals surface area contributed by atoms with Gasteiger partial charge in [0, 0.05) is 20.1 Å². The molecule has 1 fully saturated rings. The summed E-state index contributed by atoms with van der Waals surface area (Å²) in [6, 6.07) is 3.57. The molecule has 0 radical (unpaired) electrons. The van der Waals surface area contributed by atoms with Crippen LogP contribution < -0.4 is 10.6 Å². The summed E-state index contributed by atoms with van der Waals surface area (Å²) < 4.78 is 20.0. The van der Waals surface area contributed by atoms with E-state index in [0.717, 1.165) is 24.1 Å². The summed E-state index contributed by atoms with van der Waals surface area (Å²) in [7, 11) is 1.71. The molecule has 1 aromatic carbocycles. The van der Waals surface area contributed by atoms with E-state index >= 15 is 0 Å². The number of hydrogen-bond acceptors (Lipinski definition) is 3. The first-order valence-corrected chi connectivity index (χ1v) is 8.27. The lowest BCUT2D eigenvalue weighted by atomic mass is 9.59. The van der Waals surface area contributed by atoms with Crippen LogP contribution in [0.5, 0.6) is 0 Å². The Morgan fingerprint density at radius 1 is 1.48 bits per heavy atom. The molecule has 5 heteroatoms. The summed E-state index contributed by atoms with van der Waals surface area (Å²) in [6.07, 6.45) is 2.16. The second kappa shape index (κ2) is 6.21. The van der Waals surface area contributed by atoms with Crippen molar-refractivity contribution in [2.45, 2.75) is 45.8 Å². The first-order valence-electron chi connectivity index (χ1n) is 8.27. The molecule has 1 saturated carbocycles. The standard InChI is InChI=1S/C18H25FN2O2/c1-18(2)12(8-15(18)23-3)9-16(22)21-14-5-4-11-10-20-7-6-13(11)17(14)19/h4-5,12,15,20H,6-10H2,1-3H3,(H,21,22). The minimum Gasteiger partial charge on any atom is -0.381 e. The number of carbonyl (C=O) groups excluding carboxylic acids is 1. The maximum Gasteiger partial charge on any atom is 0.224 e. The average molecular weight is 320 g/mol. The first kappa shape index (κ1) is 16.4. The number of amides is 1. The average Bonchev–Trinajstić information content (AvgIpc) is 2.54. The predicted molar refractivity (Wildman–Crippen MR) is 87.7 cm³/mol. The number of anilines is 1. The molecule has 1 aliphatic heterocycles. The third-order valence-corrected chi connectivity index (χ3v) is 5.58. The minimum atomic E-state index is -0.278. The summed E-state index contributed by atoms with van der Waals surface area (Å²) >= 11 is 0. The fourth-order valence-electron chi connectivity index (χ4n) is 3.77. The van der Waals surface area contributed by atoms with Crippen molar-refractivity contribution in [2.75, 3.05) is 19.0 Å². The Kier molecular flexibility index (Phi) is 4.43. The van der Waals surface area contributed by atoms with Crippen LogP contribution in [-0.4, -0.2) is 25.7 Å². The van der Waals surface area contributed by atoms with Crippen molar-refractivity contribution >= 4 is 11.6 Å². The van der Waals surface area contributed by atoms with Gasteiger partial charge in [-0.25, -0.2) is 4.39 Å². The molecule has 0 bridgehead atoms. The van der Waals surface area contributed by atoms with Crippen LogP contribution in [-0.2, 0) is 22.5 Å².